The molecule has 1 heterocycles. The highest BCUT2D eigenvalue weighted by Gasteiger charge is 2.17. The van der Waals surface area contributed by atoms with E-state index in [0.717, 1.165) is 16.5 Å². The molecule has 1 rings (SSSR count). The number of carbonyl (C=O) groups excluding carboxylic acids is 1. The van der Waals surface area contributed by atoms with E-state index in [0.29, 0.717) is 4.88 Å². The molecule has 4 nitrogen and oxygen atoms in total. The summed E-state index contributed by atoms with van der Waals surface area (Å²) in [5.74, 6) is -1.13. The number of hydrogen-bond donors (Lipinski definition) is 2. The smallest absolute Gasteiger partial charge is 0.328 e. The molecule has 0 aliphatic rings. The zero-order chi connectivity index (χ0) is 13.9. The second-order valence-electron chi connectivity index (χ2n) is 5.03. The van der Waals surface area contributed by atoms with Gasteiger partial charge in [-0.3, -0.25) is 4.79 Å². The molecular weight excluding hydrogens is 250 g/mol. The predicted molar refractivity (Wildman–Crippen MR) is 72.9 cm³/mol. The maximum Gasteiger partial charge on any atom is 0.328 e. The zero-order valence-electron chi connectivity index (χ0n) is 10.9. The molecule has 1 aromatic heterocycles. The van der Waals surface area contributed by atoms with E-state index >= 15 is 0 Å². The van der Waals surface area contributed by atoms with Gasteiger partial charge in [0.1, 0.15) is 0 Å². The molecule has 0 bridgehead atoms. The van der Waals surface area contributed by atoms with Crippen LogP contribution in [0.5, 0.6) is 0 Å². The molecule has 0 aliphatic carbocycles. The monoisotopic (exact) mass is 267 g/mol. The minimum atomic E-state index is -0.997. The first-order chi connectivity index (χ1) is 8.19. The summed E-state index contributed by atoms with van der Waals surface area (Å²) >= 11 is 1.29. The van der Waals surface area contributed by atoms with Crippen molar-refractivity contribution in [2.45, 2.75) is 33.2 Å². The fraction of sp³-hybridized carbons (Fsp3) is 0.385. The van der Waals surface area contributed by atoms with Crippen molar-refractivity contribution >= 4 is 29.3 Å². The maximum atomic E-state index is 11.9. The first kappa shape index (κ1) is 14.4. The Kier molecular flexibility index (Phi) is 4.29. The van der Waals surface area contributed by atoms with E-state index in [2.05, 4.69) is 5.32 Å². The van der Waals surface area contributed by atoms with Gasteiger partial charge in [0.25, 0.3) is 5.91 Å². The molecule has 1 aromatic rings. The SMILES string of the molecule is Cc1cc(C(=O)NC(C)(C)C)sc1C=CC(=O)O. The van der Waals surface area contributed by atoms with Gasteiger partial charge in [0.2, 0.25) is 0 Å². The summed E-state index contributed by atoms with van der Waals surface area (Å²) in [5, 5.41) is 11.4. The largest absolute Gasteiger partial charge is 0.478 e. The van der Waals surface area contributed by atoms with Gasteiger partial charge in [0, 0.05) is 16.5 Å². The Balaban J connectivity index is 2.90. The third kappa shape index (κ3) is 4.33. The number of nitrogens with one attached hydrogen (secondary N) is 1. The third-order valence-corrected chi connectivity index (χ3v) is 3.25. The predicted octanol–water partition coefficient (Wildman–Crippen LogP) is 2.68. The van der Waals surface area contributed by atoms with Crippen LogP contribution in [0.15, 0.2) is 12.1 Å². The minimum Gasteiger partial charge on any atom is -0.478 e. The Morgan fingerprint density at radius 2 is 2.00 bits per heavy atom. The van der Waals surface area contributed by atoms with Crippen LogP contribution >= 0.6 is 11.3 Å². The first-order valence-corrected chi connectivity index (χ1v) is 6.34. The van der Waals surface area contributed by atoms with Crippen LogP contribution in [0.3, 0.4) is 0 Å². The van der Waals surface area contributed by atoms with Gasteiger partial charge in [-0.15, -0.1) is 11.3 Å². The van der Waals surface area contributed by atoms with E-state index in [9.17, 15) is 9.59 Å². The molecule has 0 radical (unpaired) electrons. The van der Waals surface area contributed by atoms with E-state index < -0.39 is 5.97 Å². The van der Waals surface area contributed by atoms with Crippen molar-refractivity contribution < 1.29 is 14.7 Å². The molecule has 0 saturated carbocycles. The number of thiophene rings is 1. The number of aryl methyl sites for hydroxylation is 1. The van der Waals surface area contributed by atoms with E-state index in [1.807, 2.05) is 27.7 Å². The van der Waals surface area contributed by atoms with E-state index in [1.165, 1.54) is 17.4 Å². The molecule has 0 aliphatic heterocycles. The van der Waals surface area contributed by atoms with Crippen molar-refractivity contribution in [3.05, 3.63) is 27.5 Å². The van der Waals surface area contributed by atoms with Gasteiger partial charge in [-0.05, 0) is 45.4 Å². The van der Waals surface area contributed by atoms with Gasteiger partial charge in [0.05, 0.1) is 4.88 Å². The molecule has 0 fully saturated rings. The lowest BCUT2D eigenvalue weighted by Gasteiger charge is -2.19. The van der Waals surface area contributed by atoms with Crippen molar-refractivity contribution in [3.8, 4) is 0 Å². The molecular formula is C13H17NO3S. The Morgan fingerprint density at radius 3 is 2.50 bits per heavy atom. The van der Waals surface area contributed by atoms with Crippen LogP contribution in [0.25, 0.3) is 6.08 Å². The third-order valence-electron chi connectivity index (χ3n) is 2.05. The van der Waals surface area contributed by atoms with Crippen molar-refractivity contribution in [2.75, 3.05) is 0 Å². The summed E-state index contributed by atoms with van der Waals surface area (Å²) in [6, 6.07) is 1.77. The van der Waals surface area contributed by atoms with Crippen LogP contribution in [0.1, 0.15) is 40.9 Å². The first-order valence-electron chi connectivity index (χ1n) is 5.53. The molecule has 0 saturated heterocycles. The topological polar surface area (TPSA) is 66.4 Å². The molecule has 0 spiro atoms. The van der Waals surface area contributed by atoms with Crippen LogP contribution in [0.4, 0.5) is 0 Å². The fourth-order valence-corrected chi connectivity index (χ4v) is 2.30. The van der Waals surface area contributed by atoms with Crippen molar-refractivity contribution in [2.24, 2.45) is 0 Å². The standard InChI is InChI=1S/C13H17NO3S/c1-8-7-10(12(17)14-13(2,3)4)18-9(8)5-6-11(15)16/h5-7H,1-4H3,(H,14,17)(H,15,16). The lowest BCUT2D eigenvalue weighted by atomic mass is 10.1. The lowest BCUT2D eigenvalue weighted by Crippen LogP contribution is -2.40. The summed E-state index contributed by atoms with van der Waals surface area (Å²) in [6.07, 6.45) is 2.58. The summed E-state index contributed by atoms with van der Waals surface area (Å²) in [7, 11) is 0. The van der Waals surface area contributed by atoms with E-state index in [4.69, 9.17) is 5.11 Å². The Bertz CT molecular complexity index is 495. The van der Waals surface area contributed by atoms with E-state index in [-0.39, 0.29) is 11.4 Å². The molecule has 18 heavy (non-hydrogen) atoms. The molecule has 98 valence electrons. The summed E-state index contributed by atoms with van der Waals surface area (Å²) < 4.78 is 0. The van der Waals surface area contributed by atoms with Crippen LogP contribution < -0.4 is 5.32 Å². The fourth-order valence-electron chi connectivity index (χ4n) is 1.32. The average Bonchev–Trinajstić information content (AvgIpc) is 2.54. The van der Waals surface area contributed by atoms with Gasteiger partial charge in [-0.1, -0.05) is 0 Å². The highest BCUT2D eigenvalue weighted by molar-refractivity contribution is 7.15. The normalized spacial score (nSPS) is 11.8. The maximum absolute atomic E-state index is 11.9. The number of carbonyl (C=O) groups is 2. The average molecular weight is 267 g/mol. The molecule has 0 unspecified atom stereocenters. The number of carboxylic acids is 1. The van der Waals surface area contributed by atoms with Crippen molar-refractivity contribution in [1.82, 2.24) is 5.32 Å². The molecule has 0 atom stereocenters. The highest BCUT2D eigenvalue weighted by Crippen LogP contribution is 2.23. The van der Waals surface area contributed by atoms with Gasteiger partial charge in [-0.25, -0.2) is 4.79 Å². The number of aliphatic carboxylic acids is 1. The summed E-state index contributed by atoms with van der Waals surface area (Å²) in [5.41, 5.74) is 0.614. The highest BCUT2D eigenvalue weighted by atomic mass is 32.1. The summed E-state index contributed by atoms with van der Waals surface area (Å²) in [6.45, 7) is 7.59. The molecule has 5 heteroatoms. The quantitative estimate of drug-likeness (QED) is 0.827. The van der Waals surface area contributed by atoms with Gasteiger partial charge >= 0.3 is 5.97 Å². The summed E-state index contributed by atoms with van der Waals surface area (Å²) in [4.78, 5) is 23.8. The Labute approximate surface area is 110 Å². The number of amides is 1. The van der Waals surface area contributed by atoms with E-state index in [1.54, 1.807) is 6.07 Å². The van der Waals surface area contributed by atoms with Gasteiger partial charge in [-0.2, -0.15) is 0 Å². The Hall–Kier alpha value is -1.62. The second-order valence-corrected chi connectivity index (χ2v) is 6.12. The van der Waals surface area contributed by atoms with Gasteiger partial charge in [0.15, 0.2) is 0 Å². The minimum absolute atomic E-state index is 0.134. The molecule has 0 aromatic carbocycles. The molecule has 2 N–H and O–H groups in total. The van der Waals surface area contributed by atoms with Crippen LogP contribution in [-0.4, -0.2) is 22.5 Å². The zero-order valence-corrected chi connectivity index (χ0v) is 11.7. The van der Waals surface area contributed by atoms with Crippen LogP contribution in [0.2, 0.25) is 0 Å². The number of hydrogen-bond acceptors (Lipinski definition) is 3. The van der Waals surface area contributed by atoms with Crippen molar-refractivity contribution in [1.29, 1.82) is 0 Å². The Morgan fingerprint density at radius 1 is 1.39 bits per heavy atom. The van der Waals surface area contributed by atoms with Crippen LogP contribution in [0, 0.1) is 6.92 Å². The second kappa shape index (κ2) is 5.35. The van der Waals surface area contributed by atoms with Gasteiger partial charge < -0.3 is 10.4 Å². The van der Waals surface area contributed by atoms with Crippen LogP contribution in [-0.2, 0) is 4.79 Å². The molecule has 1 amide bonds. The number of carboxylic acid groups (broad SMARTS) is 1. The number of rotatable bonds is 3. The van der Waals surface area contributed by atoms with Crippen molar-refractivity contribution in [3.63, 3.8) is 0 Å². The lowest BCUT2D eigenvalue weighted by molar-refractivity contribution is -0.131.